The van der Waals surface area contributed by atoms with Crippen LogP contribution in [-0.4, -0.2) is 19.6 Å². The molecule has 0 aliphatic carbocycles. The van der Waals surface area contributed by atoms with Crippen molar-refractivity contribution in [2.24, 2.45) is 0 Å². The van der Waals surface area contributed by atoms with Crippen molar-refractivity contribution in [2.75, 3.05) is 0 Å². The molecule has 0 fully saturated rings. The van der Waals surface area contributed by atoms with E-state index in [0.29, 0.717) is 17.1 Å². The summed E-state index contributed by atoms with van der Waals surface area (Å²) in [5, 5.41) is 13.9. The van der Waals surface area contributed by atoms with Gasteiger partial charge in [-0.1, -0.05) is 117 Å². The van der Waals surface area contributed by atoms with Gasteiger partial charge in [-0.2, -0.15) is 0 Å². The molecule has 0 aliphatic heterocycles. The van der Waals surface area contributed by atoms with Crippen molar-refractivity contribution in [1.29, 1.82) is 0 Å². The summed E-state index contributed by atoms with van der Waals surface area (Å²) < 4.78 is 8.66. The van der Waals surface area contributed by atoms with Crippen LogP contribution in [0.4, 0.5) is 0 Å². The first-order chi connectivity index (χ1) is 22.8. The summed E-state index contributed by atoms with van der Waals surface area (Å²) in [6.45, 7) is 6.46. The van der Waals surface area contributed by atoms with E-state index in [2.05, 4.69) is 86.0 Å². The molecule has 0 atom stereocenters. The zero-order valence-electron chi connectivity index (χ0n) is 26.7. The van der Waals surface area contributed by atoms with Crippen molar-refractivity contribution < 1.29 is 30.9 Å². The molecular weight excluding hydrogens is 774 g/mol. The number of hydrogen-bond donors (Lipinski definition) is 1. The van der Waals surface area contributed by atoms with Gasteiger partial charge in [0, 0.05) is 50.0 Å². The van der Waals surface area contributed by atoms with Gasteiger partial charge in [0.25, 0.3) is 0 Å². The number of aromatic nitrogens is 3. The summed E-state index contributed by atoms with van der Waals surface area (Å²) in [6.07, 6.45) is 1.86. The summed E-state index contributed by atoms with van der Waals surface area (Å²) in [4.78, 5) is 9.64. The maximum absolute atomic E-state index is 10.8. The number of hydrogen-bond acceptors (Lipinski definition) is 4. The Morgan fingerprint density at radius 1 is 0.708 bits per heavy atom. The molecule has 0 spiro atoms. The molecule has 5 aromatic carbocycles. The van der Waals surface area contributed by atoms with Gasteiger partial charge in [-0.15, -0.1) is 17.7 Å². The van der Waals surface area contributed by atoms with Gasteiger partial charge in [0.1, 0.15) is 17.1 Å². The molecule has 0 saturated heterocycles. The van der Waals surface area contributed by atoms with E-state index >= 15 is 0 Å². The van der Waals surface area contributed by atoms with E-state index < -0.39 is 0 Å². The Morgan fingerprint density at radius 3 is 2.17 bits per heavy atom. The second-order valence-corrected chi connectivity index (χ2v) is 12.8. The van der Waals surface area contributed by atoms with E-state index in [1.54, 1.807) is 6.07 Å². The Hall–Kier alpha value is -5.25. The molecule has 0 radical (unpaired) electrons. The molecule has 5 nitrogen and oxygen atoms in total. The fourth-order valence-corrected chi connectivity index (χ4v) is 6.48. The molecule has 6 heteroatoms. The minimum atomic E-state index is -0.112. The zero-order chi connectivity index (χ0) is 32.1. The first-order valence-corrected chi connectivity index (χ1v) is 15.7. The number of phenols is 1. The summed E-state index contributed by atoms with van der Waals surface area (Å²) in [7, 11) is 0. The molecule has 48 heavy (non-hydrogen) atoms. The Bertz CT molecular complexity index is 2430. The SMILES string of the molecule is CC(C)(C)c1ccc(O)c2nc(Oc3[c-]c4c(c(-c5ccccc5)c3)c3ccccc3n4-c3cc(-c4ccccc4)ccn3)ccc12.[Pt]. The Labute approximate surface area is 293 Å². The van der Waals surface area contributed by atoms with Crippen molar-refractivity contribution in [3.05, 3.63) is 145 Å². The van der Waals surface area contributed by atoms with Gasteiger partial charge in [-0.3, -0.25) is 0 Å². The predicted molar refractivity (Wildman–Crippen MR) is 190 cm³/mol. The number of benzene rings is 5. The van der Waals surface area contributed by atoms with Crippen LogP contribution in [0.1, 0.15) is 26.3 Å². The van der Waals surface area contributed by atoms with Crippen LogP contribution in [0, 0.1) is 6.07 Å². The van der Waals surface area contributed by atoms with E-state index in [9.17, 15) is 5.11 Å². The minimum Gasteiger partial charge on any atom is -0.506 e. The van der Waals surface area contributed by atoms with Crippen molar-refractivity contribution >= 4 is 32.7 Å². The van der Waals surface area contributed by atoms with Crippen molar-refractivity contribution in [3.63, 3.8) is 0 Å². The first kappa shape index (κ1) is 31.4. The largest absolute Gasteiger partial charge is 0.506 e. The smallest absolute Gasteiger partial charge is 0.217 e. The third-order valence-electron chi connectivity index (χ3n) is 8.66. The minimum absolute atomic E-state index is 0. The van der Waals surface area contributed by atoms with Crippen molar-refractivity contribution in [3.8, 4) is 45.5 Å². The van der Waals surface area contributed by atoms with Gasteiger partial charge >= 0.3 is 0 Å². The number of pyridine rings is 2. The molecular formula is C42H32N3O2Pt-. The maximum Gasteiger partial charge on any atom is 0.217 e. The monoisotopic (exact) mass is 805 g/mol. The van der Waals surface area contributed by atoms with Crippen molar-refractivity contribution in [1.82, 2.24) is 14.5 Å². The zero-order valence-corrected chi connectivity index (χ0v) is 29.0. The molecule has 3 heterocycles. The number of fused-ring (bicyclic) bond motifs is 4. The second kappa shape index (κ2) is 12.4. The van der Waals surface area contributed by atoms with E-state index in [-0.39, 0.29) is 32.2 Å². The van der Waals surface area contributed by atoms with Gasteiger partial charge in [0.05, 0.1) is 0 Å². The quantitative estimate of drug-likeness (QED) is 0.176. The average Bonchev–Trinajstić information content (AvgIpc) is 3.43. The topological polar surface area (TPSA) is 60.2 Å². The summed E-state index contributed by atoms with van der Waals surface area (Å²) in [5.74, 6) is 1.79. The number of ether oxygens (including phenoxy) is 1. The van der Waals surface area contributed by atoms with Crippen LogP contribution >= 0.6 is 0 Å². The van der Waals surface area contributed by atoms with Gasteiger partial charge in [0.15, 0.2) is 0 Å². The standard InChI is InChI=1S/C42H32N3O2.Pt/c1-42(2,3)34-19-20-37(46)41-31(34)18-21-39(44-41)47-30-25-33(28-14-8-5-9-15-28)40-32-16-10-11-17-35(32)45(36(40)26-30)38-24-29(22-23-43-38)27-12-6-4-7-13-27;/h4-25,46H,1-3H3;/q-1;. The van der Waals surface area contributed by atoms with Gasteiger partial charge < -0.3 is 14.4 Å². The van der Waals surface area contributed by atoms with Crippen LogP contribution in [0.25, 0.3) is 60.8 Å². The number of nitrogens with zero attached hydrogens (tertiary/aromatic N) is 3. The third-order valence-corrected chi connectivity index (χ3v) is 8.66. The van der Waals surface area contributed by atoms with Crippen LogP contribution in [0.15, 0.2) is 134 Å². The molecule has 0 saturated carbocycles. The van der Waals surface area contributed by atoms with E-state index in [4.69, 9.17) is 14.7 Å². The molecule has 0 amide bonds. The number of para-hydroxylation sites is 1. The van der Waals surface area contributed by atoms with Gasteiger partial charge in [-0.05, 0) is 63.4 Å². The van der Waals surface area contributed by atoms with Crippen LogP contribution in [0.3, 0.4) is 0 Å². The molecule has 8 aromatic rings. The summed E-state index contributed by atoms with van der Waals surface area (Å²) in [5.41, 5.74) is 7.65. The third kappa shape index (κ3) is 5.55. The summed E-state index contributed by atoms with van der Waals surface area (Å²) in [6, 6.07) is 46.3. The van der Waals surface area contributed by atoms with E-state index in [1.807, 2.05) is 72.9 Å². The molecule has 0 aliphatic rings. The Kier molecular flexibility index (Phi) is 8.10. The van der Waals surface area contributed by atoms with Crippen LogP contribution in [0.5, 0.6) is 17.4 Å². The maximum atomic E-state index is 10.8. The second-order valence-electron chi connectivity index (χ2n) is 12.8. The molecule has 8 rings (SSSR count). The number of aromatic hydroxyl groups is 1. The van der Waals surface area contributed by atoms with Crippen molar-refractivity contribution in [2.45, 2.75) is 26.2 Å². The van der Waals surface area contributed by atoms with E-state index in [1.165, 1.54) is 0 Å². The molecule has 1 N–H and O–H groups in total. The van der Waals surface area contributed by atoms with Crippen LogP contribution in [0.2, 0.25) is 0 Å². The van der Waals surface area contributed by atoms with Gasteiger partial charge in [0.2, 0.25) is 5.88 Å². The van der Waals surface area contributed by atoms with Crippen LogP contribution in [-0.2, 0) is 26.5 Å². The molecule has 3 aromatic heterocycles. The first-order valence-electron chi connectivity index (χ1n) is 15.7. The Morgan fingerprint density at radius 2 is 1.42 bits per heavy atom. The summed E-state index contributed by atoms with van der Waals surface area (Å²) >= 11 is 0. The Balaban J connectivity index is 0.00000364. The van der Waals surface area contributed by atoms with Gasteiger partial charge in [-0.25, -0.2) is 9.97 Å². The fourth-order valence-electron chi connectivity index (χ4n) is 6.48. The molecule has 238 valence electrons. The fraction of sp³-hybridized carbons (Fsp3) is 0.0952. The normalized spacial score (nSPS) is 11.6. The van der Waals surface area contributed by atoms with Crippen LogP contribution < -0.4 is 4.74 Å². The molecule has 0 bridgehead atoms. The molecule has 0 unspecified atom stereocenters. The average molecular weight is 806 g/mol. The predicted octanol–water partition coefficient (Wildman–Crippen LogP) is 10.7. The van der Waals surface area contributed by atoms with E-state index in [0.717, 1.165) is 60.8 Å². The number of rotatable bonds is 5. The number of phenolic OH excluding ortho intramolecular Hbond substituents is 1.